The van der Waals surface area contributed by atoms with Crippen molar-refractivity contribution in [2.75, 3.05) is 0 Å². The van der Waals surface area contributed by atoms with Crippen LogP contribution in [-0.2, 0) is 16.0 Å². The number of amides is 1. The van der Waals surface area contributed by atoms with Gasteiger partial charge in [0, 0.05) is 23.0 Å². The van der Waals surface area contributed by atoms with Gasteiger partial charge >= 0.3 is 0 Å². The summed E-state index contributed by atoms with van der Waals surface area (Å²) < 4.78 is 13.3. The van der Waals surface area contributed by atoms with Crippen molar-refractivity contribution in [3.8, 4) is 11.1 Å². The van der Waals surface area contributed by atoms with E-state index in [1.54, 1.807) is 17.0 Å². The van der Waals surface area contributed by atoms with E-state index in [-0.39, 0.29) is 30.0 Å². The highest BCUT2D eigenvalue weighted by Gasteiger charge is 2.48. The minimum absolute atomic E-state index is 0.00568. The zero-order valence-corrected chi connectivity index (χ0v) is 16.6. The van der Waals surface area contributed by atoms with Crippen molar-refractivity contribution in [2.24, 2.45) is 0 Å². The van der Waals surface area contributed by atoms with Crippen LogP contribution in [0.25, 0.3) is 22.0 Å². The lowest BCUT2D eigenvalue weighted by molar-refractivity contribution is -0.131. The molecule has 31 heavy (non-hydrogen) atoms. The summed E-state index contributed by atoms with van der Waals surface area (Å²) in [5.41, 5.74) is 5.96. The maximum absolute atomic E-state index is 13.3. The van der Waals surface area contributed by atoms with Crippen LogP contribution in [0.2, 0.25) is 0 Å². The maximum Gasteiger partial charge on any atom is 0.231 e. The predicted octanol–water partition coefficient (Wildman–Crippen LogP) is 4.79. The number of H-pyrrole nitrogens is 1. The van der Waals surface area contributed by atoms with Gasteiger partial charge in [-0.25, -0.2) is 4.39 Å². The third kappa shape index (κ3) is 2.73. The number of halogens is 1. The number of Topliss-reactive ketones (excluding diaryl/α,β-unsaturated/α-hetero) is 1. The molecule has 6 rings (SSSR count). The van der Waals surface area contributed by atoms with Crippen LogP contribution >= 0.6 is 0 Å². The van der Waals surface area contributed by atoms with Crippen molar-refractivity contribution in [3.63, 3.8) is 0 Å². The van der Waals surface area contributed by atoms with Gasteiger partial charge in [-0.05, 0) is 40.5 Å². The number of aromatic amines is 1. The van der Waals surface area contributed by atoms with E-state index >= 15 is 0 Å². The molecule has 4 aromatic rings. The van der Waals surface area contributed by atoms with Crippen LogP contribution < -0.4 is 0 Å². The Balaban J connectivity index is 1.49. The fourth-order valence-corrected chi connectivity index (χ4v) is 5.06. The SMILES string of the molecule is O=C1CC(=O)N2[C@H](c3ccc(-c4ccc(F)cc4)cc3)c3[nH]c4ccccc4c3C[C@@H]12. The summed E-state index contributed by atoms with van der Waals surface area (Å²) in [7, 11) is 0. The van der Waals surface area contributed by atoms with Gasteiger partial charge in [-0.2, -0.15) is 0 Å². The molecule has 0 radical (unpaired) electrons. The number of carbonyl (C=O) groups is 2. The van der Waals surface area contributed by atoms with Gasteiger partial charge in [0.15, 0.2) is 5.78 Å². The molecule has 2 atom stereocenters. The van der Waals surface area contributed by atoms with Gasteiger partial charge in [-0.1, -0.05) is 54.6 Å². The third-order valence-electron chi connectivity index (χ3n) is 6.52. The lowest BCUT2D eigenvalue weighted by atomic mass is 9.88. The molecule has 0 unspecified atom stereocenters. The maximum atomic E-state index is 13.3. The van der Waals surface area contributed by atoms with E-state index in [2.05, 4.69) is 11.1 Å². The average Bonchev–Trinajstić information content (AvgIpc) is 3.30. The smallest absolute Gasteiger partial charge is 0.231 e. The number of fused-ring (bicyclic) bond motifs is 4. The number of para-hydroxylation sites is 1. The first-order chi connectivity index (χ1) is 15.1. The van der Waals surface area contributed by atoms with Gasteiger partial charge in [0.1, 0.15) is 5.82 Å². The van der Waals surface area contributed by atoms with Crippen molar-refractivity contribution in [1.29, 1.82) is 0 Å². The molecule has 0 saturated carbocycles. The summed E-state index contributed by atoms with van der Waals surface area (Å²) in [6.07, 6.45) is 0.519. The number of hydrogen-bond acceptors (Lipinski definition) is 2. The van der Waals surface area contributed by atoms with Crippen LogP contribution in [0.1, 0.15) is 29.3 Å². The second kappa shape index (κ2) is 6.64. The average molecular weight is 410 g/mol. The first-order valence-electron chi connectivity index (χ1n) is 10.4. The van der Waals surface area contributed by atoms with Crippen molar-refractivity contribution in [2.45, 2.75) is 24.9 Å². The fraction of sp³-hybridized carbons (Fsp3) is 0.154. The lowest BCUT2D eigenvalue weighted by Crippen LogP contribution is -2.44. The van der Waals surface area contributed by atoms with Crippen LogP contribution in [0, 0.1) is 5.82 Å². The fourth-order valence-electron chi connectivity index (χ4n) is 5.06. The first kappa shape index (κ1) is 18.1. The molecule has 2 aliphatic heterocycles. The van der Waals surface area contributed by atoms with Crippen LogP contribution in [0.3, 0.4) is 0 Å². The Morgan fingerprint density at radius 3 is 2.29 bits per heavy atom. The minimum atomic E-state index is -0.416. The highest BCUT2D eigenvalue weighted by atomic mass is 19.1. The number of nitrogens with zero attached hydrogens (tertiary/aromatic N) is 1. The molecule has 0 bridgehead atoms. The molecule has 1 amide bonds. The van der Waals surface area contributed by atoms with Gasteiger partial charge in [0.05, 0.1) is 18.5 Å². The van der Waals surface area contributed by atoms with E-state index in [0.717, 1.165) is 38.9 Å². The Labute approximate surface area is 178 Å². The molecule has 2 aliphatic rings. The van der Waals surface area contributed by atoms with Gasteiger partial charge in [-0.3, -0.25) is 9.59 Å². The van der Waals surface area contributed by atoms with Crippen molar-refractivity contribution >= 4 is 22.6 Å². The lowest BCUT2D eigenvalue weighted by Gasteiger charge is -2.37. The second-order valence-electron chi connectivity index (χ2n) is 8.26. The standard InChI is InChI=1S/C26H19FN2O2/c27-18-11-9-16(10-12-18)15-5-7-17(8-6-15)26-25-20(19-3-1-2-4-21(19)28-25)13-22-23(30)14-24(31)29(22)26/h1-12,22,26,28H,13-14H2/t22-,26+/m0/s1. The number of nitrogens with one attached hydrogen (secondary N) is 1. The van der Waals surface area contributed by atoms with E-state index in [1.165, 1.54) is 12.1 Å². The molecule has 3 aromatic carbocycles. The Morgan fingerprint density at radius 2 is 1.55 bits per heavy atom. The molecule has 3 heterocycles. The van der Waals surface area contributed by atoms with Crippen LogP contribution in [0.5, 0.6) is 0 Å². The Hall–Kier alpha value is -3.73. The van der Waals surface area contributed by atoms with E-state index < -0.39 is 6.04 Å². The number of rotatable bonds is 2. The molecule has 1 fully saturated rings. The van der Waals surface area contributed by atoms with E-state index in [0.29, 0.717) is 6.42 Å². The Kier molecular flexibility index (Phi) is 3.87. The quantitative estimate of drug-likeness (QED) is 0.483. The summed E-state index contributed by atoms with van der Waals surface area (Å²) in [5.74, 6) is -0.391. The van der Waals surface area contributed by atoms with Gasteiger partial charge in [0.2, 0.25) is 5.91 Å². The number of benzene rings is 3. The molecule has 1 N–H and O–H groups in total. The summed E-state index contributed by atoms with van der Waals surface area (Å²) in [6.45, 7) is 0. The number of ketones is 1. The number of hydrogen-bond donors (Lipinski definition) is 1. The van der Waals surface area contributed by atoms with Crippen LogP contribution in [-0.4, -0.2) is 27.6 Å². The summed E-state index contributed by atoms with van der Waals surface area (Å²) in [6, 6.07) is 21.7. The van der Waals surface area contributed by atoms with Gasteiger partial charge < -0.3 is 9.88 Å². The predicted molar refractivity (Wildman–Crippen MR) is 116 cm³/mol. The van der Waals surface area contributed by atoms with Gasteiger partial charge in [0.25, 0.3) is 0 Å². The van der Waals surface area contributed by atoms with Crippen LogP contribution in [0.15, 0.2) is 72.8 Å². The summed E-state index contributed by atoms with van der Waals surface area (Å²) in [4.78, 5) is 30.7. The highest BCUT2D eigenvalue weighted by Crippen LogP contribution is 2.43. The molecule has 5 heteroatoms. The van der Waals surface area contributed by atoms with E-state index in [4.69, 9.17) is 0 Å². The minimum Gasteiger partial charge on any atom is -0.356 e. The summed E-state index contributed by atoms with van der Waals surface area (Å²) >= 11 is 0. The Bertz CT molecular complexity index is 1340. The molecule has 0 aliphatic carbocycles. The number of carbonyl (C=O) groups excluding carboxylic acids is 2. The molecular weight excluding hydrogens is 391 g/mol. The Morgan fingerprint density at radius 1 is 0.871 bits per heavy atom. The molecular formula is C26H19FN2O2. The number of aromatic nitrogens is 1. The zero-order chi connectivity index (χ0) is 21.1. The van der Waals surface area contributed by atoms with E-state index in [9.17, 15) is 14.0 Å². The van der Waals surface area contributed by atoms with Crippen molar-refractivity contribution < 1.29 is 14.0 Å². The topological polar surface area (TPSA) is 53.2 Å². The normalized spacial score (nSPS) is 20.2. The zero-order valence-electron chi connectivity index (χ0n) is 16.6. The molecule has 152 valence electrons. The second-order valence-corrected chi connectivity index (χ2v) is 8.26. The molecule has 1 saturated heterocycles. The monoisotopic (exact) mass is 410 g/mol. The molecule has 4 nitrogen and oxygen atoms in total. The van der Waals surface area contributed by atoms with E-state index in [1.807, 2.05) is 42.5 Å². The first-order valence-corrected chi connectivity index (χ1v) is 10.4. The molecule has 0 spiro atoms. The third-order valence-corrected chi connectivity index (χ3v) is 6.52. The largest absolute Gasteiger partial charge is 0.356 e. The van der Waals surface area contributed by atoms with Crippen molar-refractivity contribution in [1.82, 2.24) is 9.88 Å². The van der Waals surface area contributed by atoms with Crippen LogP contribution in [0.4, 0.5) is 4.39 Å². The molecule has 1 aromatic heterocycles. The highest BCUT2D eigenvalue weighted by molar-refractivity contribution is 6.08. The van der Waals surface area contributed by atoms with Crippen molar-refractivity contribution in [3.05, 3.63) is 95.4 Å². The van der Waals surface area contributed by atoms with Gasteiger partial charge in [-0.15, -0.1) is 0 Å². The summed E-state index contributed by atoms with van der Waals surface area (Å²) in [5, 5.41) is 1.11.